The average Bonchev–Trinajstić information content (AvgIpc) is 3.40. The molecule has 0 saturated heterocycles. The van der Waals surface area contributed by atoms with Gasteiger partial charge in [-0.2, -0.15) is 5.10 Å². The lowest BCUT2D eigenvalue weighted by molar-refractivity contribution is -0.131. The van der Waals surface area contributed by atoms with Gasteiger partial charge in [-0.3, -0.25) is 14.7 Å². The van der Waals surface area contributed by atoms with Gasteiger partial charge < -0.3 is 14.6 Å². The molecule has 0 spiro atoms. The van der Waals surface area contributed by atoms with Crippen LogP contribution in [0.15, 0.2) is 40.3 Å². The van der Waals surface area contributed by atoms with Crippen molar-refractivity contribution in [3.05, 3.63) is 63.5 Å². The van der Waals surface area contributed by atoms with Crippen LogP contribution in [0.4, 0.5) is 0 Å². The van der Waals surface area contributed by atoms with E-state index in [0.29, 0.717) is 43.9 Å². The van der Waals surface area contributed by atoms with Crippen LogP contribution < -0.4 is 5.32 Å². The molecule has 2 N–H and O–H groups in total. The van der Waals surface area contributed by atoms with Crippen molar-refractivity contribution < 1.29 is 14.0 Å². The van der Waals surface area contributed by atoms with E-state index in [1.807, 2.05) is 17.5 Å². The van der Waals surface area contributed by atoms with Crippen LogP contribution in [0.1, 0.15) is 32.4 Å². The Labute approximate surface area is 154 Å². The maximum Gasteiger partial charge on any atom is 0.272 e. The fraction of sp³-hybridized carbons (Fsp3) is 0.278. The SMILES string of the molecule is O=C(NCc1ccco1)c1n[nH]c2c1CN(C(=O)Cc1cccs1)CC2. The Morgan fingerprint density at radius 1 is 1.35 bits per heavy atom. The minimum absolute atomic E-state index is 0.0706. The van der Waals surface area contributed by atoms with Crippen LogP contribution in [0, 0.1) is 0 Å². The average molecular weight is 370 g/mol. The van der Waals surface area contributed by atoms with Gasteiger partial charge in [0, 0.05) is 35.6 Å². The Kier molecular flexibility index (Phi) is 4.57. The molecule has 4 rings (SSSR count). The highest BCUT2D eigenvalue weighted by Crippen LogP contribution is 2.22. The van der Waals surface area contributed by atoms with Crippen LogP contribution in [-0.4, -0.2) is 33.5 Å². The molecule has 4 heterocycles. The number of aromatic amines is 1. The number of H-pyrrole nitrogens is 1. The summed E-state index contributed by atoms with van der Waals surface area (Å²) >= 11 is 1.58. The quantitative estimate of drug-likeness (QED) is 0.720. The molecule has 0 radical (unpaired) electrons. The van der Waals surface area contributed by atoms with Gasteiger partial charge in [0.2, 0.25) is 5.91 Å². The van der Waals surface area contributed by atoms with Crippen LogP contribution >= 0.6 is 11.3 Å². The molecule has 0 fully saturated rings. The number of carbonyl (C=O) groups excluding carboxylic acids is 2. The lowest BCUT2D eigenvalue weighted by atomic mass is 10.0. The van der Waals surface area contributed by atoms with Gasteiger partial charge >= 0.3 is 0 Å². The standard InChI is InChI=1S/C18H18N4O3S/c23-16(9-13-4-2-8-26-13)22-6-5-15-14(11-22)17(21-20-15)18(24)19-10-12-3-1-7-25-12/h1-4,7-8H,5-6,9-11H2,(H,19,24)(H,20,21). The maximum absolute atomic E-state index is 12.5. The summed E-state index contributed by atoms with van der Waals surface area (Å²) in [5.74, 6) is 0.475. The van der Waals surface area contributed by atoms with Crippen LogP contribution in [0.25, 0.3) is 0 Å². The van der Waals surface area contributed by atoms with Gasteiger partial charge in [-0.25, -0.2) is 0 Å². The molecule has 7 nitrogen and oxygen atoms in total. The van der Waals surface area contributed by atoms with Crippen LogP contribution in [0.3, 0.4) is 0 Å². The van der Waals surface area contributed by atoms with Crippen LogP contribution in [0.5, 0.6) is 0 Å². The molecular formula is C18H18N4O3S. The summed E-state index contributed by atoms with van der Waals surface area (Å²) in [6.45, 7) is 1.33. The number of carbonyl (C=O) groups is 2. The van der Waals surface area contributed by atoms with Gasteiger partial charge in [-0.15, -0.1) is 11.3 Å². The smallest absolute Gasteiger partial charge is 0.272 e. The Hall–Kier alpha value is -2.87. The van der Waals surface area contributed by atoms with Crippen molar-refractivity contribution in [1.29, 1.82) is 0 Å². The van der Waals surface area contributed by atoms with Crippen LogP contribution in [0.2, 0.25) is 0 Å². The lowest BCUT2D eigenvalue weighted by Gasteiger charge is -2.27. The predicted molar refractivity (Wildman–Crippen MR) is 95.6 cm³/mol. The van der Waals surface area contributed by atoms with E-state index in [9.17, 15) is 9.59 Å². The zero-order valence-corrected chi connectivity index (χ0v) is 14.8. The molecule has 1 aliphatic rings. The van der Waals surface area contributed by atoms with Crippen LogP contribution in [-0.2, 0) is 30.7 Å². The highest BCUT2D eigenvalue weighted by atomic mass is 32.1. The number of thiophene rings is 1. The number of nitrogens with zero attached hydrogens (tertiary/aromatic N) is 2. The van der Waals surface area contributed by atoms with Crippen molar-refractivity contribution in [2.45, 2.75) is 25.9 Å². The van der Waals surface area contributed by atoms with E-state index in [0.717, 1.165) is 16.1 Å². The molecule has 0 aromatic carbocycles. The van der Waals surface area contributed by atoms with Crippen molar-refractivity contribution in [2.24, 2.45) is 0 Å². The first-order valence-electron chi connectivity index (χ1n) is 8.37. The zero-order valence-electron chi connectivity index (χ0n) is 14.0. The second kappa shape index (κ2) is 7.17. The number of aromatic nitrogens is 2. The number of hydrogen-bond acceptors (Lipinski definition) is 5. The molecule has 134 valence electrons. The van der Waals surface area contributed by atoms with E-state index in [1.54, 1.807) is 34.6 Å². The first kappa shape index (κ1) is 16.6. The summed E-state index contributed by atoms with van der Waals surface area (Å²) in [6, 6.07) is 7.47. The molecule has 0 unspecified atom stereocenters. The van der Waals surface area contributed by atoms with Gasteiger partial charge in [0.15, 0.2) is 5.69 Å². The monoisotopic (exact) mass is 370 g/mol. The second-order valence-electron chi connectivity index (χ2n) is 6.11. The number of hydrogen-bond donors (Lipinski definition) is 2. The largest absolute Gasteiger partial charge is 0.467 e. The zero-order chi connectivity index (χ0) is 17.9. The van der Waals surface area contributed by atoms with Crippen molar-refractivity contribution in [1.82, 2.24) is 20.4 Å². The highest BCUT2D eigenvalue weighted by Gasteiger charge is 2.27. The Balaban J connectivity index is 1.43. The van der Waals surface area contributed by atoms with Gasteiger partial charge in [-0.05, 0) is 23.6 Å². The Bertz CT molecular complexity index is 899. The lowest BCUT2D eigenvalue weighted by Crippen LogP contribution is -2.37. The van der Waals surface area contributed by atoms with Crippen molar-refractivity contribution in [3.63, 3.8) is 0 Å². The fourth-order valence-electron chi connectivity index (χ4n) is 3.03. The fourth-order valence-corrected chi connectivity index (χ4v) is 3.73. The van der Waals surface area contributed by atoms with Crippen molar-refractivity contribution in [2.75, 3.05) is 6.54 Å². The van der Waals surface area contributed by atoms with Gasteiger partial charge in [0.05, 0.1) is 19.2 Å². The number of amides is 2. The van der Waals surface area contributed by atoms with E-state index in [1.165, 1.54) is 0 Å². The Morgan fingerprint density at radius 2 is 2.27 bits per heavy atom. The van der Waals surface area contributed by atoms with Gasteiger partial charge in [0.25, 0.3) is 5.91 Å². The number of nitrogens with one attached hydrogen (secondary N) is 2. The van der Waals surface area contributed by atoms with Gasteiger partial charge in [0.1, 0.15) is 5.76 Å². The molecule has 2 amide bonds. The third kappa shape index (κ3) is 3.41. The molecule has 0 saturated carbocycles. The third-order valence-corrected chi connectivity index (χ3v) is 5.29. The normalized spacial score (nSPS) is 13.5. The molecule has 8 heteroatoms. The summed E-state index contributed by atoms with van der Waals surface area (Å²) < 4.78 is 5.22. The summed E-state index contributed by atoms with van der Waals surface area (Å²) in [7, 11) is 0. The molecule has 0 aliphatic carbocycles. The topological polar surface area (TPSA) is 91.2 Å². The number of fused-ring (bicyclic) bond motifs is 1. The minimum Gasteiger partial charge on any atom is -0.467 e. The molecule has 3 aromatic rings. The second-order valence-corrected chi connectivity index (χ2v) is 7.15. The first-order chi connectivity index (χ1) is 12.7. The molecular weight excluding hydrogens is 352 g/mol. The third-order valence-electron chi connectivity index (χ3n) is 4.41. The molecule has 0 atom stereocenters. The molecule has 0 bridgehead atoms. The first-order valence-corrected chi connectivity index (χ1v) is 9.25. The highest BCUT2D eigenvalue weighted by molar-refractivity contribution is 7.10. The molecule has 3 aromatic heterocycles. The maximum atomic E-state index is 12.5. The summed E-state index contributed by atoms with van der Waals surface area (Å²) in [4.78, 5) is 27.9. The number of rotatable bonds is 5. The summed E-state index contributed by atoms with van der Waals surface area (Å²) in [6.07, 6.45) is 2.63. The number of furan rings is 1. The predicted octanol–water partition coefficient (Wildman–Crippen LogP) is 2.12. The molecule has 1 aliphatic heterocycles. The van der Waals surface area contributed by atoms with Gasteiger partial charge in [-0.1, -0.05) is 6.07 Å². The van der Waals surface area contributed by atoms with E-state index in [4.69, 9.17) is 4.42 Å². The molecule has 26 heavy (non-hydrogen) atoms. The Morgan fingerprint density at radius 3 is 3.04 bits per heavy atom. The van der Waals surface area contributed by atoms with Crippen molar-refractivity contribution in [3.8, 4) is 0 Å². The minimum atomic E-state index is -0.272. The van der Waals surface area contributed by atoms with E-state index in [2.05, 4.69) is 15.5 Å². The van der Waals surface area contributed by atoms with E-state index < -0.39 is 0 Å². The van der Waals surface area contributed by atoms with E-state index >= 15 is 0 Å². The van der Waals surface area contributed by atoms with Crippen molar-refractivity contribution >= 4 is 23.2 Å². The summed E-state index contributed by atoms with van der Waals surface area (Å²) in [5.41, 5.74) is 2.07. The van der Waals surface area contributed by atoms with E-state index in [-0.39, 0.29) is 11.8 Å². The summed E-state index contributed by atoms with van der Waals surface area (Å²) in [5, 5.41) is 11.9.